The van der Waals surface area contributed by atoms with Crippen LogP contribution >= 0.6 is 11.3 Å². The quantitative estimate of drug-likeness (QED) is 0.639. The molecule has 2 N–H and O–H groups in total. The Balaban J connectivity index is 0.00000114. The molecule has 0 spiro atoms. The molecule has 0 unspecified atom stereocenters. The maximum atomic E-state index is 13.2. The van der Waals surface area contributed by atoms with Gasteiger partial charge in [0.15, 0.2) is 5.78 Å². The van der Waals surface area contributed by atoms with Gasteiger partial charge >= 0.3 is 0 Å². The summed E-state index contributed by atoms with van der Waals surface area (Å²) in [6.07, 6.45) is 1.25. The molecule has 32 heavy (non-hydrogen) atoms. The van der Waals surface area contributed by atoms with Crippen molar-refractivity contribution in [1.82, 2.24) is 4.90 Å². The average molecular weight is 458 g/mol. The van der Waals surface area contributed by atoms with Crippen LogP contribution in [0.4, 0.5) is 4.39 Å². The van der Waals surface area contributed by atoms with Gasteiger partial charge in [0.2, 0.25) is 0 Å². The molecular formula is C25H32FN3O2S. The average Bonchev–Trinajstić information content (AvgIpc) is 3.27. The topological polar surface area (TPSA) is 75.8 Å². The lowest BCUT2D eigenvalue weighted by Gasteiger charge is -2.41. The Kier molecular flexibility index (Phi) is 8.89. The first-order valence-corrected chi connectivity index (χ1v) is 11.6. The highest BCUT2D eigenvalue weighted by molar-refractivity contribution is 7.12. The summed E-state index contributed by atoms with van der Waals surface area (Å²) >= 11 is 1.38. The lowest BCUT2D eigenvalue weighted by molar-refractivity contribution is -0.113. The molecule has 0 aliphatic carbocycles. The molecule has 0 radical (unpaired) electrons. The summed E-state index contributed by atoms with van der Waals surface area (Å²) in [5.74, 6) is -0.640. The van der Waals surface area contributed by atoms with Gasteiger partial charge in [-0.3, -0.25) is 14.6 Å². The highest BCUT2D eigenvalue weighted by atomic mass is 32.1. The van der Waals surface area contributed by atoms with Crippen LogP contribution in [0, 0.1) is 11.2 Å². The largest absolute Gasteiger partial charge is 0.396 e. The first kappa shape index (κ1) is 25.5. The molecule has 1 aliphatic heterocycles. The molecular weight excluding hydrogens is 425 g/mol. The summed E-state index contributed by atoms with van der Waals surface area (Å²) in [5, 5.41) is 1.86. The summed E-state index contributed by atoms with van der Waals surface area (Å²) in [7, 11) is 0. The van der Waals surface area contributed by atoms with E-state index in [1.54, 1.807) is 23.1 Å². The Bertz CT molecular complexity index is 993. The fraction of sp³-hybridized carbons (Fsp3) is 0.400. The fourth-order valence-corrected chi connectivity index (χ4v) is 4.17. The first-order chi connectivity index (χ1) is 15.1. The predicted octanol–water partition coefficient (Wildman–Crippen LogP) is 5.23. The summed E-state index contributed by atoms with van der Waals surface area (Å²) in [6, 6.07) is 9.77. The SMILES string of the molecule is CC(=O)/C(N)=C1\CN(C(=O)c2cccs2)CC(C)(C)C1=NCc1ccc(F)cc1.CCC. The predicted molar refractivity (Wildman–Crippen MR) is 129 cm³/mol. The number of Topliss-reactive ketones (excluding diaryl/α,β-unsaturated/α-hetero) is 1. The number of amides is 1. The number of allylic oxidation sites excluding steroid dienone is 1. The summed E-state index contributed by atoms with van der Waals surface area (Å²) in [4.78, 5) is 32.1. The molecule has 1 aliphatic rings. The summed E-state index contributed by atoms with van der Waals surface area (Å²) in [6.45, 7) is 10.7. The van der Waals surface area contributed by atoms with E-state index >= 15 is 0 Å². The van der Waals surface area contributed by atoms with Crippen molar-refractivity contribution in [2.24, 2.45) is 16.1 Å². The number of aliphatic imine (C=N–C) groups is 1. The van der Waals surface area contributed by atoms with E-state index in [1.807, 2.05) is 25.3 Å². The van der Waals surface area contributed by atoms with Gasteiger partial charge in [0.1, 0.15) is 5.82 Å². The van der Waals surface area contributed by atoms with Crippen molar-refractivity contribution in [1.29, 1.82) is 0 Å². The van der Waals surface area contributed by atoms with E-state index in [9.17, 15) is 14.0 Å². The number of hydrogen-bond acceptors (Lipinski definition) is 5. The summed E-state index contributed by atoms with van der Waals surface area (Å²) < 4.78 is 13.2. The molecule has 0 atom stereocenters. The van der Waals surface area contributed by atoms with E-state index in [4.69, 9.17) is 10.7 Å². The highest BCUT2D eigenvalue weighted by Gasteiger charge is 2.39. The van der Waals surface area contributed by atoms with Crippen LogP contribution in [0.3, 0.4) is 0 Å². The second kappa shape index (κ2) is 11.2. The number of likely N-dealkylation sites (tertiary alicyclic amines) is 1. The van der Waals surface area contributed by atoms with Crippen LogP contribution in [0.25, 0.3) is 0 Å². The molecule has 5 nitrogen and oxygen atoms in total. The van der Waals surface area contributed by atoms with Gasteiger partial charge in [-0.25, -0.2) is 4.39 Å². The number of halogens is 1. The second-order valence-corrected chi connectivity index (χ2v) is 9.42. The van der Waals surface area contributed by atoms with Crippen LogP contribution in [0.5, 0.6) is 0 Å². The van der Waals surface area contributed by atoms with Gasteiger partial charge in [-0.2, -0.15) is 0 Å². The lowest BCUT2D eigenvalue weighted by Crippen LogP contribution is -2.51. The van der Waals surface area contributed by atoms with E-state index in [0.717, 1.165) is 5.56 Å². The van der Waals surface area contributed by atoms with Gasteiger partial charge in [0, 0.05) is 36.7 Å². The van der Waals surface area contributed by atoms with Crippen molar-refractivity contribution in [2.75, 3.05) is 13.1 Å². The zero-order valence-electron chi connectivity index (χ0n) is 19.4. The van der Waals surface area contributed by atoms with E-state index in [-0.39, 0.29) is 29.7 Å². The van der Waals surface area contributed by atoms with E-state index < -0.39 is 5.41 Å². The highest BCUT2D eigenvalue weighted by Crippen LogP contribution is 2.32. The molecule has 2 heterocycles. The van der Waals surface area contributed by atoms with Crippen molar-refractivity contribution in [3.8, 4) is 0 Å². The molecule has 0 saturated carbocycles. The molecule has 7 heteroatoms. The van der Waals surface area contributed by atoms with Crippen molar-refractivity contribution < 1.29 is 14.0 Å². The van der Waals surface area contributed by atoms with Gasteiger partial charge in [-0.1, -0.05) is 52.3 Å². The van der Waals surface area contributed by atoms with Gasteiger partial charge in [0.05, 0.1) is 17.1 Å². The van der Waals surface area contributed by atoms with Crippen LogP contribution < -0.4 is 5.73 Å². The third-order valence-corrected chi connectivity index (χ3v) is 5.78. The van der Waals surface area contributed by atoms with Crippen molar-refractivity contribution in [3.63, 3.8) is 0 Å². The molecule has 1 fully saturated rings. The molecule has 1 aromatic carbocycles. The number of rotatable bonds is 4. The number of carbonyl (C=O) groups excluding carboxylic acids is 2. The van der Waals surface area contributed by atoms with Gasteiger partial charge < -0.3 is 10.6 Å². The van der Waals surface area contributed by atoms with Gasteiger partial charge in [-0.15, -0.1) is 11.3 Å². The number of piperidine rings is 1. The maximum absolute atomic E-state index is 13.2. The minimum Gasteiger partial charge on any atom is -0.396 e. The molecule has 0 bridgehead atoms. The van der Waals surface area contributed by atoms with Crippen LogP contribution in [0.1, 0.15) is 56.3 Å². The third kappa shape index (κ3) is 6.36. The Morgan fingerprint density at radius 3 is 2.34 bits per heavy atom. The molecule has 172 valence electrons. The van der Waals surface area contributed by atoms with Crippen LogP contribution in [0.15, 0.2) is 58.0 Å². The van der Waals surface area contributed by atoms with E-state index in [1.165, 1.54) is 36.8 Å². The fourth-order valence-electron chi connectivity index (χ4n) is 3.48. The molecule has 1 saturated heterocycles. The molecule has 1 amide bonds. The zero-order chi connectivity index (χ0) is 23.9. The van der Waals surface area contributed by atoms with Crippen molar-refractivity contribution in [3.05, 3.63) is 69.3 Å². The number of nitrogens with zero attached hydrogens (tertiary/aromatic N) is 2. The second-order valence-electron chi connectivity index (χ2n) is 8.47. The Morgan fingerprint density at radius 1 is 1.19 bits per heavy atom. The number of thiophene rings is 1. The standard InChI is InChI=1S/C22H24FN3O2S.C3H8/c1-14(27)19(24)17-12-26(21(28)18-5-4-10-29-18)13-22(2,3)20(17)25-11-15-6-8-16(23)9-7-15;1-3-2/h4-10H,11-13,24H2,1-3H3;3H2,1-2H3/b19-17-,25-20?;. The number of ketones is 1. The van der Waals surface area contributed by atoms with Gasteiger partial charge in [0.25, 0.3) is 5.91 Å². The lowest BCUT2D eigenvalue weighted by atomic mass is 9.78. The first-order valence-electron chi connectivity index (χ1n) is 10.7. The van der Waals surface area contributed by atoms with Gasteiger partial charge in [-0.05, 0) is 29.1 Å². The number of hydrogen-bond donors (Lipinski definition) is 1. The molecule has 3 rings (SSSR count). The maximum Gasteiger partial charge on any atom is 0.264 e. The number of nitrogens with two attached hydrogens (primary N) is 1. The van der Waals surface area contributed by atoms with Crippen molar-refractivity contribution >= 4 is 28.7 Å². The smallest absolute Gasteiger partial charge is 0.264 e. The third-order valence-electron chi connectivity index (χ3n) is 4.92. The Hall–Kier alpha value is -2.80. The van der Waals surface area contributed by atoms with E-state index in [2.05, 4.69) is 13.8 Å². The molecule has 2 aromatic rings. The minimum absolute atomic E-state index is 0.0838. The monoisotopic (exact) mass is 457 g/mol. The Morgan fingerprint density at radius 2 is 1.81 bits per heavy atom. The van der Waals surface area contributed by atoms with Crippen LogP contribution in [-0.2, 0) is 11.3 Å². The zero-order valence-corrected chi connectivity index (χ0v) is 20.3. The normalized spacial score (nSPS) is 18.1. The van der Waals surface area contributed by atoms with E-state index in [0.29, 0.717) is 29.3 Å². The Labute approximate surface area is 193 Å². The molecule has 1 aromatic heterocycles. The van der Waals surface area contributed by atoms with Crippen molar-refractivity contribution in [2.45, 2.75) is 47.6 Å². The number of carbonyl (C=O) groups is 2. The van der Waals surface area contributed by atoms with Crippen LogP contribution in [-0.4, -0.2) is 35.4 Å². The number of benzene rings is 1. The minimum atomic E-state index is -0.499. The summed E-state index contributed by atoms with van der Waals surface area (Å²) in [5.41, 5.74) is 7.91. The van der Waals surface area contributed by atoms with Crippen LogP contribution in [0.2, 0.25) is 0 Å².